The molecule has 0 bridgehead atoms. The van der Waals surface area contributed by atoms with Crippen LogP contribution < -0.4 is 5.32 Å². The second-order valence-corrected chi connectivity index (χ2v) is 4.57. The van der Waals surface area contributed by atoms with E-state index in [1.807, 2.05) is 12.3 Å². The normalized spacial score (nSPS) is 19.7. The number of nitrogens with zero attached hydrogens (tertiary/aromatic N) is 2. The van der Waals surface area contributed by atoms with Gasteiger partial charge in [-0.25, -0.2) is 4.99 Å². The molecule has 96 valence electrons. The number of aliphatic imine (C=N–C) groups is 1. The molecule has 0 unspecified atom stereocenters. The van der Waals surface area contributed by atoms with Gasteiger partial charge in [0.1, 0.15) is 11.6 Å². The molecule has 0 atom stereocenters. The monoisotopic (exact) mass is 243 g/mol. The van der Waals surface area contributed by atoms with E-state index in [0.717, 1.165) is 30.3 Å². The van der Waals surface area contributed by atoms with Crippen LogP contribution in [0.5, 0.6) is 0 Å². The maximum Gasteiger partial charge on any atom is 0.138 e. The van der Waals surface area contributed by atoms with E-state index < -0.39 is 0 Å². The second-order valence-electron chi connectivity index (χ2n) is 4.57. The van der Waals surface area contributed by atoms with Gasteiger partial charge in [0, 0.05) is 24.9 Å². The first-order valence-corrected chi connectivity index (χ1v) is 6.60. The lowest BCUT2D eigenvalue weighted by atomic mass is 10.2. The van der Waals surface area contributed by atoms with Gasteiger partial charge < -0.3 is 10.2 Å². The molecule has 1 N–H and O–H groups in total. The fourth-order valence-corrected chi connectivity index (χ4v) is 2.30. The van der Waals surface area contributed by atoms with Crippen molar-refractivity contribution in [2.24, 2.45) is 4.99 Å². The van der Waals surface area contributed by atoms with E-state index in [4.69, 9.17) is 0 Å². The SMILES string of the molecule is C=CC(C=C)=C1N=CC=C(N2CCCCCC2)N1. The average molecular weight is 243 g/mol. The van der Waals surface area contributed by atoms with Crippen molar-refractivity contribution in [2.45, 2.75) is 25.7 Å². The third-order valence-corrected chi connectivity index (χ3v) is 3.34. The molecule has 0 aromatic heterocycles. The van der Waals surface area contributed by atoms with Crippen LogP contribution in [-0.2, 0) is 0 Å². The standard InChI is InChI=1S/C15H21N3/c1-3-13(4-2)15-16-10-9-14(17-15)18-11-7-5-6-8-12-18/h3-4,9-10,17H,1-2,5-8,11-12H2. The number of allylic oxidation sites excluding steroid dienone is 4. The predicted molar refractivity (Wildman–Crippen MR) is 77.2 cm³/mol. The molecule has 2 aliphatic rings. The van der Waals surface area contributed by atoms with Crippen LogP contribution in [0.4, 0.5) is 0 Å². The molecule has 0 spiro atoms. The summed E-state index contributed by atoms with van der Waals surface area (Å²) in [5.41, 5.74) is 0.937. The van der Waals surface area contributed by atoms with Crippen LogP contribution in [0.25, 0.3) is 0 Å². The molecule has 3 heteroatoms. The summed E-state index contributed by atoms with van der Waals surface area (Å²) in [6, 6.07) is 0. The minimum Gasteiger partial charge on any atom is -0.358 e. The molecular weight excluding hydrogens is 222 g/mol. The summed E-state index contributed by atoms with van der Waals surface area (Å²) >= 11 is 0. The second kappa shape index (κ2) is 6.24. The highest BCUT2D eigenvalue weighted by molar-refractivity contribution is 5.75. The summed E-state index contributed by atoms with van der Waals surface area (Å²) in [5, 5.41) is 3.38. The Kier molecular flexibility index (Phi) is 4.40. The molecule has 2 aliphatic heterocycles. The van der Waals surface area contributed by atoms with Gasteiger partial charge in [0.25, 0.3) is 0 Å². The zero-order chi connectivity index (χ0) is 12.8. The van der Waals surface area contributed by atoms with Crippen molar-refractivity contribution < 1.29 is 0 Å². The van der Waals surface area contributed by atoms with Crippen LogP contribution in [0, 0.1) is 0 Å². The van der Waals surface area contributed by atoms with E-state index >= 15 is 0 Å². The summed E-state index contributed by atoms with van der Waals surface area (Å²) in [4.78, 5) is 6.74. The van der Waals surface area contributed by atoms with Crippen molar-refractivity contribution in [2.75, 3.05) is 13.1 Å². The largest absolute Gasteiger partial charge is 0.358 e. The summed E-state index contributed by atoms with van der Waals surface area (Å²) < 4.78 is 0. The molecular formula is C15H21N3. The Bertz CT molecular complexity index is 397. The van der Waals surface area contributed by atoms with Crippen molar-refractivity contribution in [3.63, 3.8) is 0 Å². The molecule has 0 radical (unpaired) electrons. The number of likely N-dealkylation sites (tertiary alicyclic amines) is 1. The lowest BCUT2D eigenvalue weighted by Crippen LogP contribution is -2.33. The summed E-state index contributed by atoms with van der Waals surface area (Å²) in [5.74, 6) is 1.98. The minimum absolute atomic E-state index is 0.835. The first kappa shape index (κ1) is 12.7. The van der Waals surface area contributed by atoms with Gasteiger partial charge in [0.15, 0.2) is 0 Å². The molecule has 0 aromatic rings. The Morgan fingerprint density at radius 2 is 1.83 bits per heavy atom. The molecule has 2 rings (SSSR count). The van der Waals surface area contributed by atoms with Crippen LogP contribution in [0.1, 0.15) is 25.7 Å². The van der Waals surface area contributed by atoms with Crippen molar-refractivity contribution in [3.05, 3.63) is 48.6 Å². The Hall–Kier alpha value is -1.77. The lowest BCUT2D eigenvalue weighted by molar-refractivity contribution is 0.338. The van der Waals surface area contributed by atoms with Crippen LogP contribution in [0.15, 0.2) is 53.6 Å². The third-order valence-electron chi connectivity index (χ3n) is 3.34. The van der Waals surface area contributed by atoms with Crippen molar-refractivity contribution >= 4 is 6.21 Å². The van der Waals surface area contributed by atoms with E-state index in [0.29, 0.717) is 0 Å². The highest BCUT2D eigenvalue weighted by atomic mass is 15.3. The number of rotatable bonds is 3. The lowest BCUT2D eigenvalue weighted by Gasteiger charge is -2.28. The Balaban J connectivity index is 2.13. The quantitative estimate of drug-likeness (QED) is 0.825. The van der Waals surface area contributed by atoms with Gasteiger partial charge in [0.2, 0.25) is 0 Å². The minimum atomic E-state index is 0.835. The first-order chi connectivity index (χ1) is 8.85. The first-order valence-electron chi connectivity index (χ1n) is 6.60. The Morgan fingerprint density at radius 3 is 2.44 bits per heavy atom. The van der Waals surface area contributed by atoms with Gasteiger partial charge in [-0.05, 0) is 18.9 Å². The Labute approximate surface area is 109 Å². The molecule has 0 aromatic carbocycles. The fraction of sp³-hybridized carbons (Fsp3) is 0.400. The van der Waals surface area contributed by atoms with E-state index in [2.05, 4.69) is 28.4 Å². The average Bonchev–Trinajstić information content (AvgIpc) is 2.69. The zero-order valence-corrected chi connectivity index (χ0v) is 10.9. The summed E-state index contributed by atoms with van der Waals surface area (Å²) in [6.07, 6.45) is 12.7. The van der Waals surface area contributed by atoms with Crippen LogP contribution in [-0.4, -0.2) is 24.2 Å². The van der Waals surface area contributed by atoms with Crippen LogP contribution in [0.3, 0.4) is 0 Å². The van der Waals surface area contributed by atoms with Crippen LogP contribution >= 0.6 is 0 Å². The van der Waals surface area contributed by atoms with Gasteiger partial charge in [0.05, 0.1) is 0 Å². The molecule has 2 heterocycles. The summed E-state index contributed by atoms with van der Waals surface area (Å²) in [7, 11) is 0. The smallest absolute Gasteiger partial charge is 0.138 e. The van der Waals surface area contributed by atoms with Gasteiger partial charge in [-0.15, -0.1) is 0 Å². The molecule has 18 heavy (non-hydrogen) atoms. The van der Waals surface area contributed by atoms with Gasteiger partial charge in [-0.1, -0.05) is 38.2 Å². The zero-order valence-electron chi connectivity index (χ0n) is 10.9. The third kappa shape index (κ3) is 2.92. The molecule has 0 aliphatic carbocycles. The highest BCUT2D eigenvalue weighted by Gasteiger charge is 2.15. The predicted octanol–water partition coefficient (Wildman–Crippen LogP) is 2.96. The summed E-state index contributed by atoms with van der Waals surface area (Å²) in [6.45, 7) is 9.81. The molecule has 0 amide bonds. The highest BCUT2D eigenvalue weighted by Crippen LogP contribution is 2.17. The number of nitrogens with one attached hydrogen (secondary N) is 1. The van der Waals surface area contributed by atoms with Gasteiger partial charge in [-0.3, -0.25) is 0 Å². The molecule has 1 fully saturated rings. The van der Waals surface area contributed by atoms with Crippen LogP contribution in [0.2, 0.25) is 0 Å². The molecule has 0 saturated carbocycles. The topological polar surface area (TPSA) is 27.6 Å². The molecule has 3 nitrogen and oxygen atoms in total. The molecule has 1 saturated heterocycles. The van der Waals surface area contributed by atoms with Crippen molar-refractivity contribution in [1.82, 2.24) is 10.2 Å². The van der Waals surface area contributed by atoms with Gasteiger partial charge >= 0.3 is 0 Å². The van der Waals surface area contributed by atoms with Gasteiger partial charge in [-0.2, -0.15) is 0 Å². The van der Waals surface area contributed by atoms with E-state index in [1.54, 1.807) is 12.2 Å². The number of hydrogen-bond donors (Lipinski definition) is 1. The van der Waals surface area contributed by atoms with Crippen molar-refractivity contribution in [1.29, 1.82) is 0 Å². The van der Waals surface area contributed by atoms with E-state index in [-0.39, 0.29) is 0 Å². The maximum absolute atomic E-state index is 4.34. The number of hydrogen-bond acceptors (Lipinski definition) is 3. The fourth-order valence-electron chi connectivity index (χ4n) is 2.30. The van der Waals surface area contributed by atoms with E-state index in [9.17, 15) is 0 Å². The van der Waals surface area contributed by atoms with E-state index in [1.165, 1.54) is 25.7 Å². The van der Waals surface area contributed by atoms with Crippen molar-refractivity contribution in [3.8, 4) is 0 Å². The Morgan fingerprint density at radius 1 is 1.17 bits per heavy atom. The maximum atomic E-state index is 4.34.